The van der Waals surface area contributed by atoms with E-state index in [0.29, 0.717) is 0 Å². The van der Waals surface area contributed by atoms with Gasteiger partial charge in [0, 0.05) is 5.69 Å². The Balaban J connectivity index is 1.99. The highest BCUT2D eigenvalue weighted by molar-refractivity contribution is 5.95. The number of carbonyl (C=O) groups excluding carboxylic acids is 1. The van der Waals surface area contributed by atoms with Crippen molar-refractivity contribution in [2.75, 3.05) is 18.4 Å². The molecule has 1 saturated heterocycles. The van der Waals surface area contributed by atoms with Crippen molar-refractivity contribution in [3.05, 3.63) is 29.3 Å². The Bertz CT molecular complexity index is 476. The van der Waals surface area contributed by atoms with Crippen LogP contribution in [0.4, 0.5) is 5.69 Å². The summed E-state index contributed by atoms with van der Waals surface area (Å²) in [5, 5.41) is 3.10. The average molecular weight is 288 g/mol. The SMILES string of the molecule is Cc1ccc(C)c(NC(=O)C(C)N2CCCCCCC2)c1. The molecule has 0 bridgehead atoms. The summed E-state index contributed by atoms with van der Waals surface area (Å²) < 4.78 is 0. The van der Waals surface area contributed by atoms with Crippen molar-refractivity contribution in [1.29, 1.82) is 0 Å². The van der Waals surface area contributed by atoms with Gasteiger partial charge >= 0.3 is 0 Å². The molecule has 1 heterocycles. The topological polar surface area (TPSA) is 32.3 Å². The van der Waals surface area contributed by atoms with Gasteiger partial charge in [0.15, 0.2) is 0 Å². The van der Waals surface area contributed by atoms with Crippen LogP contribution >= 0.6 is 0 Å². The lowest BCUT2D eigenvalue weighted by Gasteiger charge is -2.29. The van der Waals surface area contributed by atoms with E-state index in [1.165, 1.54) is 37.7 Å². The molecule has 116 valence electrons. The van der Waals surface area contributed by atoms with Gasteiger partial charge in [-0.15, -0.1) is 0 Å². The van der Waals surface area contributed by atoms with E-state index in [9.17, 15) is 4.79 Å². The monoisotopic (exact) mass is 288 g/mol. The lowest BCUT2D eigenvalue weighted by Crippen LogP contribution is -2.43. The smallest absolute Gasteiger partial charge is 0.241 e. The van der Waals surface area contributed by atoms with Crippen molar-refractivity contribution in [2.24, 2.45) is 0 Å². The van der Waals surface area contributed by atoms with Crippen LogP contribution in [0.5, 0.6) is 0 Å². The Morgan fingerprint density at radius 1 is 1.10 bits per heavy atom. The summed E-state index contributed by atoms with van der Waals surface area (Å²) >= 11 is 0. The first-order valence-electron chi connectivity index (χ1n) is 8.20. The van der Waals surface area contributed by atoms with Gasteiger partial charge in [-0.1, -0.05) is 31.4 Å². The number of hydrogen-bond donors (Lipinski definition) is 1. The molecule has 0 spiro atoms. The highest BCUT2D eigenvalue weighted by Gasteiger charge is 2.22. The van der Waals surface area contributed by atoms with Gasteiger partial charge in [0.1, 0.15) is 0 Å². The number of nitrogens with zero attached hydrogens (tertiary/aromatic N) is 1. The van der Waals surface area contributed by atoms with Gasteiger partial charge in [-0.3, -0.25) is 9.69 Å². The van der Waals surface area contributed by atoms with E-state index >= 15 is 0 Å². The van der Waals surface area contributed by atoms with Gasteiger partial charge in [0.05, 0.1) is 6.04 Å². The molecule has 1 aromatic rings. The Morgan fingerprint density at radius 3 is 2.38 bits per heavy atom. The predicted octanol–water partition coefficient (Wildman–Crippen LogP) is 3.90. The number of hydrogen-bond acceptors (Lipinski definition) is 2. The van der Waals surface area contributed by atoms with E-state index in [2.05, 4.69) is 29.3 Å². The highest BCUT2D eigenvalue weighted by Crippen LogP contribution is 2.18. The molecule has 1 amide bonds. The molecule has 1 aromatic carbocycles. The molecule has 1 atom stereocenters. The van der Waals surface area contributed by atoms with E-state index in [1.807, 2.05) is 19.9 Å². The highest BCUT2D eigenvalue weighted by atomic mass is 16.2. The molecule has 0 radical (unpaired) electrons. The zero-order chi connectivity index (χ0) is 15.2. The normalized spacial score (nSPS) is 18.6. The number of aryl methyl sites for hydroxylation is 2. The number of benzene rings is 1. The van der Waals surface area contributed by atoms with Gasteiger partial charge in [-0.05, 0) is 63.9 Å². The third-order valence-electron chi connectivity index (χ3n) is 4.47. The maximum atomic E-state index is 12.5. The van der Waals surface area contributed by atoms with Crippen LogP contribution in [0, 0.1) is 13.8 Å². The van der Waals surface area contributed by atoms with Crippen molar-refractivity contribution in [3.63, 3.8) is 0 Å². The summed E-state index contributed by atoms with van der Waals surface area (Å²) in [6.07, 6.45) is 6.35. The molecule has 1 unspecified atom stereocenters. The third-order valence-corrected chi connectivity index (χ3v) is 4.47. The number of anilines is 1. The van der Waals surface area contributed by atoms with E-state index in [4.69, 9.17) is 0 Å². The van der Waals surface area contributed by atoms with Crippen LogP contribution in [0.15, 0.2) is 18.2 Å². The molecule has 1 fully saturated rings. The summed E-state index contributed by atoms with van der Waals surface area (Å²) in [5.41, 5.74) is 3.24. The zero-order valence-electron chi connectivity index (χ0n) is 13.6. The van der Waals surface area contributed by atoms with Crippen LogP contribution < -0.4 is 5.32 Å². The second kappa shape index (κ2) is 7.60. The number of nitrogens with one attached hydrogen (secondary N) is 1. The molecule has 1 aliphatic heterocycles. The second-order valence-corrected chi connectivity index (χ2v) is 6.29. The Morgan fingerprint density at radius 2 is 1.71 bits per heavy atom. The van der Waals surface area contributed by atoms with E-state index in [-0.39, 0.29) is 11.9 Å². The first-order chi connectivity index (χ1) is 10.1. The molecule has 2 rings (SSSR count). The first-order valence-corrected chi connectivity index (χ1v) is 8.20. The number of likely N-dealkylation sites (tertiary alicyclic amines) is 1. The molecule has 3 nitrogen and oxygen atoms in total. The van der Waals surface area contributed by atoms with Crippen molar-refractivity contribution >= 4 is 11.6 Å². The fourth-order valence-corrected chi connectivity index (χ4v) is 2.93. The van der Waals surface area contributed by atoms with E-state index in [0.717, 1.165) is 24.3 Å². The van der Waals surface area contributed by atoms with Gasteiger partial charge in [-0.2, -0.15) is 0 Å². The number of carbonyl (C=O) groups is 1. The van der Waals surface area contributed by atoms with Crippen LogP contribution in [-0.4, -0.2) is 29.9 Å². The Labute approximate surface area is 128 Å². The van der Waals surface area contributed by atoms with Crippen LogP contribution in [0.3, 0.4) is 0 Å². The number of amides is 1. The van der Waals surface area contributed by atoms with Gasteiger partial charge in [0.25, 0.3) is 0 Å². The van der Waals surface area contributed by atoms with Crippen LogP contribution in [0.2, 0.25) is 0 Å². The summed E-state index contributed by atoms with van der Waals surface area (Å²) in [4.78, 5) is 14.9. The summed E-state index contributed by atoms with van der Waals surface area (Å²) in [5.74, 6) is 0.115. The lowest BCUT2D eigenvalue weighted by molar-refractivity contribution is -0.120. The minimum absolute atomic E-state index is 0.0528. The fraction of sp³-hybridized carbons (Fsp3) is 0.611. The van der Waals surface area contributed by atoms with Gasteiger partial charge < -0.3 is 5.32 Å². The molecule has 1 aliphatic rings. The quantitative estimate of drug-likeness (QED) is 0.915. The molecule has 0 aromatic heterocycles. The Kier molecular flexibility index (Phi) is 5.80. The van der Waals surface area contributed by atoms with Crippen molar-refractivity contribution in [3.8, 4) is 0 Å². The summed E-state index contributed by atoms with van der Waals surface area (Å²) in [6.45, 7) is 8.21. The lowest BCUT2D eigenvalue weighted by atomic mass is 10.1. The molecule has 1 N–H and O–H groups in total. The molecular weight excluding hydrogens is 260 g/mol. The fourth-order valence-electron chi connectivity index (χ4n) is 2.93. The van der Waals surface area contributed by atoms with Crippen LogP contribution in [0.1, 0.15) is 50.2 Å². The molecular formula is C18H28N2O. The third kappa shape index (κ3) is 4.57. The summed E-state index contributed by atoms with van der Waals surface area (Å²) in [7, 11) is 0. The molecule has 3 heteroatoms. The number of rotatable bonds is 3. The van der Waals surface area contributed by atoms with Crippen LogP contribution in [-0.2, 0) is 4.79 Å². The minimum atomic E-state index is -0.0528. The zero-order valence-corrected chi connectivity index (χ0v) is 13.6. The van der Waals surface area contributed by atoms with Gasteiger partial charge in [-0.25, -0.2) is 0 Å². The molecule has 21 heavy (non-hydrogen) atoms. The molecule has 0 aliphatic carbocycles. The van der Waals surface area contributed by atoms with Crippen molar-refractivity contribution in [2.45, 2.75) is 58.9 Å². The van der Waals surface area contributed by atoms with Crippen molar-refractivity contribution in [1.82, 2.24) is 4.90 Å². The van der Waals surface area contributed by atoms with Gasteiger partial charge in [0.2, 0.25) is 5.91 Å². The first kappa shape index (κ1) is 16.0. The summed E-state index contributed by atoms with van der Waals surface area (Å²) in [6, 6.07) is 6.13. The average Bonchev–Trinajstić information content (AvgIpc) is 2.42. The largest absolute Gasteiger partial charge is 0.324 e. The predicted molar refractivity (Wildman–Crippen MR) is 88.7 cm³/mol. The maximum absolute atomic E-state index is 12.5. The second-order valence-electron chi connectivity index (χ2n) is 6.29. The molecule has 0 saturated carbocycles. The standard InChI is InChI=1S/C18H28N2O/c1-14-9-10-15(2)17(13-14)19-18(21)16(3)20-11-7-5-4-6-8-12-20/h9-10,13,16H,4-8,11-12H2,1-3H3,(H,19,21). The van der Waals surface area contributed by atoms with Crippen molar-refractivity contribution < 1.29 is 4.79 Å². The van der Waals surface area contributed by atoms with Crippen LogP contribution in [0.25, 0.3) is 0 Å². The Hall–Kier alpha value is -1.35. The van der Waals surface area contributed by atoms with E-state index < -0.39 is 0 Å². The minimum Gasteiger partial charge on any atom is -0.324 e. The maximum Gasteiger partial charge on any atom is 0.241 e. The van der Waals surface area contributed by atoms with E-state index in [1.54, 1.807) is 0 Å².